The number of para-hydroxylation sites is 1. The molecule has 7 nitrogen and oxygen atoms in total. The highest BCUT2D eigenvalue weighted by atomic mass is 32.1. The molecule has 0 saturated carbocycles. The van der Waals surface area contributed by atoms with Crippen LogP contribution in [0.15, 0.2) is 71.0 Å². The predicted octanol–water partition coefficient (Wildman–Crippen LogP) is 4.63. The molecule has 3 aromatic rings. The van der Waals surface area contributed by atoms with E-state index in [0.717, 1.165) is 28.3 Å². The second-order valence-corrected chi connectivity index (χ2v) is 8.95. The summed E-state index contributed by atoms with van der Waals surface area (Å²) in [6, 6.07) is 14.3. The maximum atomic E-state index is 12.6. The standard InChI is InChI=1S/C24H22N2O5S/c1-24(2)16-7-4-5-8-17(16)26(3)20(24)13-15(27)14-31-23(29)19-10-11-21(32-19)25-22(28)18-9-6-12-30-18/h4-13H,14H2,1-3H3,(H,25,28)/b20-13+. The second kappa shape index (κ2) is 8.47. The first-order valence-electron chi connectivity index (χ1n) is 9.97. The fourth-order valence-corrected chi connectivity index (χ4v) is 4.55. The Bertz CT molecular complexity index is 1210. The highest BCUT2D eigenvalue weighted by Gasteiger charge is 2.38. The minimum atomic E-state index is -0.623. The summed E-state index contributed by atoms with van der Waals surface area (Å²) in [6.45, 7) is 3.75. The third-order valence-corrected chi connectivity index (χ3v) is 6.35. The van der Waals surface area contributed by atoms with Crippen LogP contribution in [0.4, 0.5) is 10.7 Å². The number of esters is 1. The molecule has 0 saturated heterocycles. The van der Waals surface area contributed by atoms with Gasteiger partial charge >= 0.3 is 5.97 Å². The van der Waals surface area contributed by atoms with Crippen molar-refractivity contribution in [3.05, 3.63) is 82.8 Å². The van der Waals surface area contributed by atoms with Gasteiger partial charge in [-0.2, -0.15) is 0 Å². The topological polar surface area (TPSA) is 88.9 Å². The number of carbonyl (C=O) groups excluding carboxylic acids is 3. The second-order valence-electron chi connectivity index (χ2n) is 7.87. The molecule has 2 aromatic heterocycles. The molecular formula is C24H22N2O5S. The average molecular weight is 451 g/mol. The Labute approximate surface area is 189 Å². The Morgan fingerprint density at radius 3 is 2.62 bits per heavy atom. The summed E-state index contributed by atoms with van der Waals surface area (Å²) >= 11 is 1.06. The van der Waals surface area contributed by atoms with E-state index in [1.54, 1.807) is 18.2 Å². The van der Waals surface area contributed by atoms with Crippen LogP contribution in [0.1, 0.15) is 39.6 Å². The summed E-state index contributed by atoms with van der Waals surface area (Å²) in [5.41, 5.74) is 2.70. The van der Waals surface area contributed by atoms with Gasteiger partial charge in [0, 0.05) is 29.9 Å². The molecule has 0 bridgehead atoms. The van der Waals surface area contributed by atoms with Crippen LogP contribution in [0, 0.1) is 0 Å². The molecule has 1 aliphatic heterocycles. The van der Waals surface area contributed by atoms with Crippen LogP contribution >= 0.6 is 11.3 Å². The van der Waals surface area contributed by atoms with Crippen LogP contribution in [0.5, 0.6) is 0 Å². The molecule has 164 valence electrons. The van der Waals surface area contributed by atoms with E-state index >= 15 is 0 Å². The Morgan fingerprint density at radius 2 is 1.91 bits per heavy atom. The normalized spacial score (nSPS) is 15.5. The fraction of sp³-hybridized carbons (Fsp3) is 0.208. The fourth-order valence-electron chi connectivity index (χ4n) is 3.76. The van der Waals surface area contributed by atoms with Gasteiger partial charge in [-0.25, -0.2) is 4.79 Å². The van der Waals surface area contributed by atoms with Gasteiger partial charge in [0.1, 0.15) is 4.88 Å². The first-order chi connectivity index (χ1) is 15.3. The molecule has 0 spiro atoms. The summed E-state index contributed by atoms with van der Waals surface area (Å²) in [7, 11) is 1.92. The third kappa shape index (κ3) is 4.09. The van der Waals surface area contributed by atoms with Crippen molar-refractivity contribution in [2.24, 2.45) is 0 Å². The lowest BCUT2D eigenvalue weighted by Gasteiger charge is -2.23. The summed E-state index contributed by atoms with van der Waals surface area (Å²) < 4.78 is 10.2. The van der Waals surface area contributed by atoms with E-state index in [0.29, 0.717) is 5.00 Å². The molecule has 32 heavy (non-hydrogen) atoms. The Kier molecular flexibility index (Phi) is 5.71. The van der Waals surface area contributed by atoms with Gasteiger partial charge in [0.2, 0.25) is 0 Å². The quantitative estimate of drug-likeness (QED) is 0.435. The molecule has 0 radical (unpaired) electrons. The van der Waals surface area contributed by atoms with Gasteiger partial charge in [-0.05, 0) is 35.9 Å². The van der Waals surface area contributed by atoms with Gasteiger partial charge in [-0.15, -0.1) is 11.3 Å². The molecular weight excluding hydrogens is 428 g/mol. The largest absolute Gasteiger partial charge is 0.459 e. The molecule has 0 unspecified atom stereocenters. The third-order valence-electron chi connectivity index (χ3n) is 5.37. The first kappa shape index (κ1) is 21.6. The lowest BCUT2D eigenvalue weighted by Crippen LogP contribution is -2.25. The van der Waals surface area contributed by atoms with Crippen molar-refractivity contribution in [3.63, 3.8) is 0 Å². The number of anilines is 2. The van der Waals surface area contributed by atoms with Gasteiger partial charge in [-0.1, -0.05) is 32.0 Å². The summed E-state index contributed by atoms with van der Waals surface area (Å²) in [5, 5.41) is 3.12. The van der Waals surface area contributed by atoms with Crippen molar-refractivity contribution < 1.29 is 23.5 Å². The molecule has 1 aliphatic rings. The minimum Gasteiger partial charge on any atom is -0.459 e. The Morgan fingerprint density at radius 1 is 1.12 bits per heavy atom. The van der Waals surface area contributed by atoms with E-state index in [4.69, 9.17) is 9.15 Å². The van der Waals surface area contributed by atoms with E-state index in [-0.39, 0.29) is 28.4 Å². The van der Waals surface area contributed by atoms with Crippen LogP contribution in [-0.4, -0.2) is 31.3 Å². The molecule has 0 aliphatic carbocycles. The number of rotatable bonds is 6. The van der Waals surface area contributed by atoms with Crippen LogP contribution in [0.3, 0.4) is 0 Å². The Hall–Kier alpha value is -3.65. The molecule has 1 amide bonds. The number of thiophene rings is 1. The van der Waals surface area contributed by atoms with Crippen molar-refractivity contribution in [2.75, 3.05) is 23.9 Å². The molecule has 1 aromatic carbocycles. The number of likely N-dealkylation sites (N-methyl/N-ethyl adjacent to an activating group) is 1. The molecule has 8 heteroatoms. The number of hydrogen-bond donors (Lipinski definition) is 1. The number of ether oxygens (including phenoxy) is 1. The van der Waals surface area contributed by atoms with Gasteiger partial charge in [-0.3, -0.25) is 9.59 Å². The first-order valence-corrected chi connectivity index (χ1v) is 10.8. The number of amides is 1. The molecule has 1 N–H and O–H groups in total. The van der Waals surface area contributed by atoms with Crippen molar-refractivity contribution in [3.8, 4) is 0 Å². The lowest BCUT2D eigenvalue weighted by molar-refractivity contribution is -0.117. The number of allylic oxidation sites excluding steroid dienone is 1. The van der Waals surface area contributed by atoms with Crippen molar-refractivity contribution >= 4 is 39.7 Å². The van der Waals surface area contributed by atoms with Crippen LogP contribution < -0.4 is 10.2 Å². The van der Waals surface area contributed by atoms with Crippen LogP contribution in [0.2, 0.25) is 0 Å². The van der Waals surface area contributed by atoms with Gasteiger partial charge in [0.15, 0.2) is 18.2 Å². The van der Waals surface area contributed by atoms with Crippen LogP contribution in [-0.2, 0) is 14.9 Å². The maximum Gasteiger partial charge on any atom is 0.348 e. The van der Waals surface area contributed by atoms with Crippen molar-refractivity contribution in [1.29, 1.82) is 0 Å². The van der Waals surface area contributed by atoms with E-state index in [1.165, 1.54) is 18.4 Å². The number of furan rings is 1. The molecule has 0 atom stereocenters. The number of ketones is 1. The summed E-state index contributed by atoms with van der Waals surface area (Å²) in [6.07, 6.45) is 2.94. The SMILES string of the molecule is CN1/C(=C/C(=O)COC(=O)c2ccc(NC(=O)c3ccco3)s2)C(C)(C)c2ccccc21. The van der Waals surface area contributed by atoms with E-state index in [2.05, 4.69) is 25.2 Å². The number of hydrogen-bond acceptors (Lipinski definition) is 7. The van der Waals surface area contributed by atoms with Gasteiger partial charge < -0.3 is 19.4 Å². The highest BCUT2D eigenvalue weighted by molar-refractivity contribution is 7.18. The minimum absolute atomic E-state index is 0.170. The zero-order chi connectivity index (χ0) is 22.9. The number of benzene rings is 1. The monoisotopic (exact) mass is 450 g/mol. The Balaban J connectivity index is 1.37. The van der Waals surface area contributed by atoms with E-state index < -0.39 is 11.9 Å². The van der Waals surface area contributed by atoms with E-state index in [9.17, 15) is 14.4 Å². The predicted molar refractivity (Wildman–Crippen MR) is 122 cm³/mol. The van der Waals surface area contributed by atoms with E-state index in [1.807, 2.05) is 30.1 Å². The summed E-state index contributed by atoms with van der Waals surface area (Å²) in [5.74, 6) is -1.17. The number of nitrogens with one attached hydrogen (secondary N) is 1. The number of fused-ring (bicyclic) bond motifs is 1. The maximum absolute atomic E-state index is 12.6. The average Bonchev–Trinajstić information content (AvgIpc) is 3.50. The highest BCUT2D eigenvalue weighted by Crippen LogP contribution is 2.46. The number of nitrogens with zero attached hydrogens (tertiary/aromatic N) is 1. The zero-order valence-corrected chi connectivity index (χ0v) is 18.7. The lowest BCUT2D eigenvalue weighted by atomic mass is 9.83. The summed E-state index contributed by atoms with van der Waals surface area (Å²) in [4.78, 5) is 39.2. The molecule has 0 fully saturated rings. The van der Waals surface area contributed by atoms with Crippen LogP contribution in [0.25, 0.3) is 0 Å². The van der Waals surface area contributed by atoms with Crippen molar-refractivity contribution in [1.82, 2.24) is 0 Å². The molecule has 4 rings (SSSR count). The molecule has 3 heterocycles. The zero-order valence-electron chi connectivity index (χ0n) is 17.9. The number of carbonyl (C=O) groups is 3. The smallest absolute Gasteiger partial charge is 0.348 e. The van der Waals surface area contributed by atoms with Crippen molar-refractivity contribution in [2.45, 2.75) is 19.3 Å². The van der Waals surface area contributed by atoms with Gasteiger partial charge in [0.25, 0.3) is 5.91 Å². The van der Waals surface area contributed by atoms with Gasteiger partial charge in [0.05, 0.1) is 11.3 Å².